The van der Waals surface area contributed by atoms with Gasteiger partial charge in [-0.05, 0) is 49.9 Å². The molecular formula is C19H29N3O2. The van der Waals surface area contributed by atoms with Crippen LogP contribution in [0.5, 0.6) is 5.75 Å². The van der Waals surface area contributed by atoms with Gasteiger partial charge in [-0.2, -0.15) is 0 Å². The molecule has 1 aromatic rings. The Bertz CT molecular complexity index is 546. The molecule has 3 rings (SSSR count). The molecule has 2 N–H and O–H groups in total. The molecule has 0 spiro atoms. The number of hydrogen-bond donors (Lipinski definition) is 1. The fourth-order valence-electron chi connectivity index (χ4n) is 3.90. The van der Waals surface area contributed by atoms with E-state index in [4.69, 9.17) is 10.5 Å². The minimum absolute atomic E-state index is 0.140. The molecule has 1 aromatic carbocycles. The highest BCUT2D eigenvalue weighted by Gasteiger charge is 2.29. The first-order valence-electron chi connectivity index (χ1n) is 9.10. The van der Waals surface area contributed by atoms with Crippen LogP contribution in [0.1, 0.15) is 32.1 Å². The van der Waals surface area contributed by atoms with E-state index < -0.39 is 0 Å². The number of amides is 1. The van der Waals surface area contributed by atoms with E-state index in [9.17, 15) is 4.79 Å². The van der Waals surface area contributed by atoms with Crippen molar-refractivity contribution in [3.8, 4) is 5.75 Å². The van der Waals surface area contributed by atoms with E-state index in [1.165, 1.54) is 5.69 Å². The summed E-state index contributed by atoms with van der Waals surface area (Å²) < 4.78 is 5.22. The predicted molar refractivity (Wildman–Crippen MR) is 96.3 cm³/mol. The number of benzene rings is 1. The molecule has 132 valence electrons. The van der Waals surface area contributed by atoms with Crippen molar-refractivity contribution in [2.24, 2.45) is 11.7 Å². The summed E-state index contributed by atoms with van der Waals surface area (Å²) in [5.74, 6) is 1.34. The standard InChI is InChI=1S/C19H29N3O2/c1-24-18-8-6-17(7-9-18)21-10-3-11-22(13-12-21)19(23)15-4-2-5-16(20)14-15/h6-9,15-16H,2-5,10-14,20H2,1H3/t15-,16+/m1/s1. The normalized spacial score (nSPS) is 25.2. The topological polar surface area (TPSA) is 58.8 Å². The van der Waals surface area contributed by atoms with E-state index >= 15 is 0 Å². The van der Waals surface area contributed by atoms with E-state index in [0.717, 1.165) is 64.0 Å². The molecular weight excluding hydrogens is 302 g/mol. The molecule has 1 aliphatic heterocycles. The van der Waals surface area contributed by atoms with Gasteiger partial charge < -0.3 is 20.3 Å². The summed E-state index contributed by atoms with van der Waals surface area (Å²) in [5.41, 5.74) is 7.25. The fraction of sp³-hybridized carbons (Fsp3) is 0.632. The fourth-order valence-corrected chi connectivity index (χ4v) is 3.90. The summed E-state index contributed by atoms with van der Waals surface area (Å²) >= 11 is 0. The van der Waals surface area contributed by atoms with Crippen LogP contribution in [0.4, 0.5) is 5.69 Å². The van der Waals surface area contributed by atoms with Crippen molar-refractivity contribution in [2.75, 3.05) is 38.2 Å². The van der Waals surface area contributed by atoms with Gasteiger partial charge in [-0.1, -0.05) is 6.42 Å². The van der Waals surface area contributed by atoms with Crippen molar-refractivity contribution in [1.82, 2.24) is 4.90 Å². The Hall–Kier alpha value is -1.75. The Morgan fingerprint density at radius 2 is 1.88 bits per heavy atom. The van der Waals surface area contributed by atoms with E-state index in [1.54, 1.807) is 7.11 Å². The number of rotatable bonds is 3. The van der Waals surface area contributed by atoms with Gasteiger partial charge in [-0.3, -0.25) is 4.79 Å². The van der Waals surface area contributed by atoms with Crippen LogP contribution in [-0.2, 0) is 4.79 Å². The first-order valence-corrected chi connectivity index (χ1v) is 9.10. The van der Waals surface area contributed by atoms with Crippen LogP contribution in [0.15, 0.2) is 24.3 Å². The maximum absolute atomic E-state index is 12.8. The zero-order valence-electron chi connectivity index (χ0n) is 14.6. The van der Waals surface area contributed by atoms with Gasteiger partial charge in [0, 0.05) is 43.8 Å². The molecule has 1 amide bonds. The number of ether oxygens (including phenoxy) is 1. The number of methoxy groups -OCH3 is 1. The monoisotopic (exact) mass is 331 g/mol. The third-order valence-corrected chi connectivity index (χ3v) is 5.31. The second-order valence-electron chi connectivity index (χ2n) is 6.99. The van der Waals surface area contributed by atoms with Crippen LogP contribution in [0, 0.1) is 5.92 Å². The van der Waals surface area contributed by atoms with Crippen molar-refractivity contribution in [3.63, 3.8) is 0 Å². The third kappa shape index (κ3) is 4.01. The summed E-state index contributed by atoms with van der Waals surface area (Å²) in [6, 6.07) is 8.38. The van der Waals surface area contributed by atoms with Gasteiger partial charge in [0.25, 0.3) is 0 Å². The van der Waals surface area contributed by atoms with Crippen molar-refractivity contribution in [3.05, 3.63) is 24.3 Å². The average Bonchev–Trinajstić information content (AvgIpc) is 2.87. The minimum Gasteiger partial charge on any atom is -0.497 e. The van der Waals surface area contributed by atoms with E-state index in [0.29, 0.717) is 5.91 Å². The molecule has 24 heavy (non-hydrogen) atoms. The van der Waals surface area contributed by atoms with Crippen molar-refractivity contribution < 1.29 is 9.53 Å². The SMILES string of the molecule is COc1ccc(N2CCCN(C(=O)[C@@H]3CCC[C@H](N)C3)CC2)cc1. The Kier molecular flexibility index (Phi) is 5.61. The summed E-state index contributed by atoms with van der Waals surface area (Å²) in [7, 11) is 1.68. The maximum Gasteiger partial charge on any atom is 0.225 e. The summed E-state index contributed by atoms with van der Waals surface area (Å²) in [5, 5.41) is 0. The van der Waals surface area contributed by atoms with Gasteiger partial charge in [0.2, 0.25) is 5.91 Å². The Labute approximate surface area is 144 Å². The molecule has 0 radical (unpaired) electrons. The van der Waals surface area contributed by atoms with Gasteiger partial charge in [-0.25, -0.2) is 0 Å². The van der Waals surface area contributed by atoms with E-state index in [-0.39, 0.29) is 12.0 Å². The van der Waals surface area contributed by atoms with E-state index in [1.807, 2.05) is 12.1 Å². The zero-order valence-corrected chi connectivity index (χ0v) is 14.6. The lowest BCUT2D eigenvalue weighted by Gasteiger charge is -2.31. The largest absolute Gasteiger partial charge is 0.497 e. The smallest absolute Gasteiger partial charge is 0.225 e. The van der Waals surface area contributed by atoms with Crippen molar-refractivity contribution in [1.29, 1.82) is 0 Å². The molecule has 0 aromatic heterocycles. The first-order chi connectivity index (χ1) is 11.7. The van der Waals surface area contributed by atoms with E-state index in [2.05, 4.69) is 21.9 Å². The van der Waals surface area contributed by atoms with Gasteiger partial charge in [-0.15, -0.1) is 0 Å². The van der Waals surface area contributed by atoms with Crippen LogP contribution in [0.3, 0.4) is 0 Å². The highest BCUT2D eigenvalue weighted by Crippen LogP contribution is 2.26. The molecule has 0 unspecified atom stereocenters. The molecule has 5 heteroatoms. The van der Waals surface area contributed by atoms with Crippen LogP contribution >= 0.6 is 0 Å². The number of anilines is 1. The second-order valence-corrected chi connectivity index (χ2v) is 6.99. The number of carbonyl (C=O) groups excluding carboxylic acids is 1. The lowest BCUT2D eigenvalue weighted by molar-refractivity contribution is -0.136. The number of carbonyl (C=O) groups is 1. The molecule has 2 atom stereocenters. The predicted octanol–water partition coefficient (Wildman–Crippen LogP) is 2.25. The summed E-state index contributed by atoms with van der Waals surface area (Å²) in [6.07, 6.45) is 5.03. The van der Waals surface area contributed by atoms with Gasteiger partial charge in [0.05, 0.1) is 7.11 Å². The van der Waals surface area contributed by atoms with Crippen molar-refractivity contribution >= 4 is 11.6 Å². The van der Waals surface area contributed by atoms with Crippen molar-refractivity contribution in [2.45, 2.75) is 38.1 Å². The Morgan fingerprint density at radius 1 is 1.08 bits per heavy atom. The van der Waals surface area contributed by atoms with Crippen LogP contribution in [0.2, 0.25) is 0 Å². The molecule has 5 nitrogen and oxygen atoms in total. The first kappa shape index (κ1) is 17.1. The highest BCUT2D eigenvalue weighted by molar-refractivity contribution is 5.79. The molecule has 0 bridgehead atoms. The number of nitrogens with two attached hydrogens (primary N) is 1. The van der Waals surface area contributed by atoms with Crippen LogP contribution < -0.4 is 15.4 Å². The van der Waals surface area contributed by atoms with Gasteiger partial charge in [0.1, 0.15) is 5.75 Å². The maximum atomic E-state index is 12.8. The molecule has 2 fully saturated rings. The second kappa shape index (κ2) is 7.88. The van der Waals surface area contributed by atoms with Crippen LogP contribution in [-0.4, -0.2) is 50.1 Å². The summed E-state index contributed by atoms with van der Waals surface area (Å²) in [6.45, 7) is 3.53. The highest BCUT2D eigenvalue weighted by atomic mass is 16.5. The quantitative estimate of drug-likeness (QED) is 0.923. The Morgan fingerprint density at radius 3 is 2.58 bits per heavy atom. The van der Waals surface area contributed by atoms with Crippen LogP contribution in [0.25, 0.3) is 0 Å². The third-order valence-electron chi connectivity index (χ3n) is 5.31. The summed E-state index contributed by atoms with van der Waals surface area (Å²) in [4.78, 5) is 17.2. The molecule has 2 aliphatic rings. The number of nitrogens with zero attached hydrogens (tertiary/aromatic N) is 2. The zero-order chi connectivity index (χ0) is 16.9. The Balaban J connectivity index is 1.58. The molecule has 1 aliphatic carbocycles. The number of hydrogen-bond acceptors (Lipinski definition) is 4. The molecule has 1 saturated heterocycles. The minimum atomic E-state index is 0.140. The van der Waals surface area contributed by atoms with Gasteiger partial charge >= 0.3 is 0 Å². The lowest BCUT2D eigenvalue weighted by atomic mass is 9.85. The molecule has 1 saturated carbocycles. The average molecular weight is 331 g/mol. The lowest BCUT2D eigenvalue weighted by Crippen LogP contribution is -2.42. The molecule has 1 heterocycles. The van der Waals surface area contributed by atoms with Gasteiger partial charge in [0.15, 0.2) is 0 Å².